The van der Waals surface area contributed by atoms with E-state index in [9.17, 15) is 9.90 Å². The molecule has 0 atom stereocenters. The number of nitrogens with one attached hydrogen (secondary N) is 1. The van der Waals surface area contributed by atoms with Gasteiger partial charge < -0.3 is 29.0 Å². The van der Waals surface area contributed by atoms with Crippen molar-refractivity contribution >= 4 is 28.0 Å². The lowest BCUT2D eigenvalue weighted by atomic mass is 10.0. The van der Waals surface area contributed by atoms with Crippen LogP contribution >= 0.6 is 0 Å². The van der Waals surface area contributed by atoms with Crippen LogP contribution < -0.4 is 4.74 Å². The number of hydrogen-bond acceptors (Lipinski definition) is 7. The van der Waals surface area contributed by atoms with Crippen molar-refractivity contribution in [3.05, 3.63) is 78.4 Å². The number of pyridine rings is 1. The predicted octanol–water partition coefficient (Wildman–Crippen LogP) is 3.95. The van der Waals surface area contributed by atoms with Crippen LogP contribution in [-0.4, -0.2) is 76.2 Å². The molecule has 0 saturated heterocycles. The summed E-state index contributed by atoms with van der Waals surface area (Å²) in [7, 11) is 3.98. The van der Waals surface area contributed by atoms with Crippen molar-refractivity contribution in [3.63, 3.8) is 0 Å². The van der Waals surface area contributed by atoms with Crippen molar-refractivity contribution in [2.75, 3.05) is 40.4 Å². The molecule has 0 radical (unpaired) electrons. The number of likely N-dealkylation sites (N-methyl/N-ethyl adjacent to an activating group) is 1. The highest BCUT2D eigenvalue weighted by atomic mass is 16.5. The lowest BCUT2D eigenvalue weighted by Gasteiger charge is -2.20. The van der Waals surface area contributed by atoms with Crippen LogP contribution in [0.1, 0.15) is 16.2 Å². The number of carbonyl (C=O) groups excluding carboxylic acids is 1. The molecular weight excluding hydrogens is 470 g/mol. The summed E-state index contributed by atoms with van der Waals surface area (Å²) in [5, 5.41) is 10.6. The average Bonchev–Trinajstić information content (AvgIpc) is 3.55. The van der Waals surface area contributed by atoms with E-state index in [0.717, 1.165) is 40.0 Å². The molecule has 0 aliphatic heterocycles. The van der Waals surface area contributed by atoms with E-state index >= 15 is 0 Å². The third-order valence-electron chi connectivity index (χ3n) is 6.08. The Kier molecular flexibility index (Phi) is 7.16. The van der Waals surface area contributed by atoms with E-state index < -0.39 is 0 Å². The summed E-state index contributed by atoms with van der Waals surface area (Å²) in [6.45, 7) is 1.63. The fourth-order valence-corrected chi connectivity index (χ4v) is 4.20. The van der Waals surface area contributed by atoms with Crippen molar-refractivity contribution in [1.82, 2.24) is 24.8 Å². The number of aromatic amines is 1. The monoisotopic (exact) mass is 499 g/mol. The Balaban J connectivity index is 1.36. The third-order valence-corrected chi connectivity index (χ3v) is 6.08. The van der Waals surface area contributed by atoms with Crippen molar-refractivity contribution in [3.8, 4) is 16.9 Å². The molecule has 2 aromatic carbocycles. The van der Waals surface area contributed by atoms with Crippen LogP contribution in [0, 0.1) is 0 Å². The first kappa shape index (κ1) is 24.5. The largest absolute Gasteiger partial charge is 0.492 e. The number of oxazole rings is 1. The maximum absolute atomic E-state index is 13.3. The smallest absolute Gasteiger partial charge is 0.310 e. The Morgan fingerprint density at radius 2 is 2.00 bits per heavy atom. The Bertz CT molecular complexity index is 1520. The zero-order valence-electron chi connectivity index (χ0n) is 20.8. The molecule has 0 saturated carbocycles. The summed E-state index contributed by atoms with van der Waals surface area (Å²) in [5.41, 5.74) is 4.74. The maximum Gasteiger partial charge on any atom is 0.310 e. The minimum Gasteiger partial charge on any atom is -0.492 e. The minimum atomic E-state index is -0.386. The number of aliphatic hydroxyl groups excluding tert-OH is 1. The van der Waals surface area contributed by atoms with Crippen LogP contribution in [0.4, 0.5) is 0 Å². The van der Waals surface area contributed by atoms with Crippen molar-refractivity contribution in [1.29, 1.82) is 0 Å². The molecule has 0 aliphatic rings. The molecular formula is C28H29N5O4. The average molecular weight is 500 g/mol. The summed E-state index contributed by atoms with van der Waals surface area (Å²) in [5.74, 6) is 0.334. The summed E-state index contributed by atoms with van der Waals surface area (Å²) in [4.78, 5) is 28.8. The van der Waals surface area contributed by atoms with Gasteiger partial charge in [-0.3, -0.25) is 4.79 Å². The van der Waals surface area contributed by atoms with Crippen LogP contribution in [0.25, 0.3) is 33.3 Å². The molecule has 37 heavy (non-hydrogen) atoms. The number of nitrogens with zero attached hydrogens (tertiary/aromatic N) is 4. The second-order valence-electron chi connectivity index (χ2n) is 9.05. The highest BCUT2D eigenvalue weighted by Crippen LogP contribution is 2.30. The minimum absolute atomic E-state index is 0.0134. The van der Waals surface area contributed by atoms with Gasteiger partial charge in [-0.15, -0.1) is 0 Å². The zero-order chi connectivity index (χ0) is 25.8. The quantitative estimate of drug-likeness (QED) is 0.300. The van der Waals surface area contributed by atoms with Gasteiger partial charge in [0.15, 0.2) is 5.58 Å². The number of amides is 1. The predicted molar refractivity (Wildman–Crippen MR) is 141 cm³/mol. The highest BCUT2D eigenvalue weighted by Gasteiger charge is 2.22. The number of rotatable bonds is 10. The van der Waals surface area contributed by atoms with Gasteiger partial charge in [0.05, 0.1) is 6.61 Å². The topological polar surface area (TPSA) is 108 Å². The van der Waals surface area contributed by atoms with Crippen molar-refractivity contribution < 1.29 is 19.1 Å². The highest BCUT2D eigenvalue weighted by molar-refractivity contribution is 5.96. The van der Waals surface area contributed by atoms with Gasteiger partial charge in [-0.2, -0.15) is 0 Å². The van der Waals surface area contributed by atoms with Gasteiger partial charge in [-0.1, -0.05) is 18.2 Å². The van der Waals surface area contributed by atoms with Gasteiger partial charge in [0.1, 0.15) is 23.5 Å². The molecule has 3 aromatic heterocycles. The zero-order valence-corrected chi connectivity index (χ0v) is 20.8. The molecule has 190 valence electrons. The fourth-order valence-electron chi connectivity index (χ4n) is 4.20. The van der Waals surface area contributed by atoms with Crippen LogP contribution in [0.5, 0.6) is 5.75 Å². The molecule has 0 unspecified atom stereocenters. The number of fused-ring (bicyclic) bond motifs is 2. The molecule has 9 heteroatoms. The second-order valence-corrected chi connectivity index (χ2v) is 9.05. The first-order valence-corrected chi connectivity index (χ1v) is 12.1. The van der Waals surface area contributed by atoms with Gasteiger partial charge in [0.2, 0.25) is 0 Å². The summed E-state index contributed by atoms with van der Waals surface area (Å²) < 4.78 is 11.7. The molecule has 5 rings (SSSR count). The standard InChI is InChI=1S/C28H29N5O4/c1-32(2)13-15-36-21-5-3-4-19(16-21)18-33(12-14-34)28(35)27-31-24-7-6-20(17-25(24)37-27)22-8-10-29-26-23(22)9-11-30-26/h3-11,16-17,34H,12-15,18H2,1-2H3,(H,29,30). The molecule has 0 aliphatic carbocycles. The van der Waals surface area contributed by atoms with E-state index in [4.69, 9.17) is 9.15 Å². The molecule has 9 nitrogen and oxygen atoms in total. The van der Waals surface area contributed by atoms with Crippen molar-refractivity contribution in [2.24, 2.45) is 0 Å². The molecule has 5 aromatic rings. The van der Waals surface area contributed by atoms with Gasteiger partial charge in [-0.05, 0) is 67.2 Å². The number of H-pyrrole nitrogens is 1. The van der Waals surface area contributed by atoms with Crippen LogP contribution in [0.3, 0.4) is 0 Å². The Labute approximate surface area is 214 Å². The third kappa shape index (κ3) is 5.47. The van der Waals surface area contributed by atoms with Crippen LogP contribution in [0.2, 0.25) is 0 Å². The summed E-state index contributed by atoms with van der Waals surface area (Å²) in [6, 6.07) is 17.2. The van der Waals surface area contributed by atoms with E-state index in [-0.39, 0.29) is 31.5 Å². The number of carbonyl (C=O) groups is 1. The van der Waals surface area contributed by atoms with Gasteiger partial charge in [-0.25, -0.2) is 9.97 Å². The molecule has 3 heterocycles. The number of benzene rings is 2. The molecule has 0 spiro atoms. The molecule has 0 bridgehead atoms. The van der Waals surface area contributed by atoms with E-state index in [0.29, 0.717) is 17.7 Å². The number of aromatic nitrogens is 3. The number of ether oxygens (including phenoxy) is 1. The van der Waals surface area contributed by atoms with E-state index in [1.165, 1.54) is 4.90 Å². The Morgan fingerprint density at radius 3 is 2.84 bits per heavy atom. The van der Waals surface area contributed by atoms with Gasteiger partial charge in [0.25, 0.3) is 5.89 Å². The van der Waals surface area contributed by atoms with Crippen molar-refractivity contribution in [2.45, 2.75) is 6.54 Å². The lowest BCUT2D eigenvalue weighted by molar-refractivity contribution is 0.0670. The Hall–Kier alpha value is -4.21. The summed E-state index contributed by atoms with van der Waals surface area (Å²) in [6.07, 6.45) is 3.61. The summed E-state index contributed by atoms with van der Waals surface area (Å²) >= 11 is 0. The van der Waals surface area contributed by atoms with E-state index in [2.05, 4.69) is 15.0 Å². The number of hydrogen-bond donors (Lipinski definition) is 2. The van der Waals surface area contributed by atoms with E-state index in [1.807, 2.05) is 79.8 Å². The number of aliphatic hydroxyl groups is 1. The first-order chi connectivity index (χ1) is 18.0. The first-order valence-electron chi connectivity index (χ1n) is 12.1. The molecule has 0 fully saturated rings. The maximum atomic E-state index is 13.3. The van der Waals surface area contributed by atoms with Gasteiger partial charge in [0, 0.05) is 37.4 Å². The Morgan fingerprint density at radius 1 is 1.11 bits per heavy atom. The van der Waals surface area contributed by atoms with E-state index in [1.54, 1.807) is 6.20 Å². The lowest BCUT2D eigenvalue weighted by Crippen LogP contribution is -2.33. The molecule has 2 N–H and O–H groups in total. The van der Waals surface area contributed by atoms with Crippen LogP contribution in [-0.2, 0) is 6.54 Å². The molecule has 1 amide bonds. The normalized spacial score (nSPS) is 11.5. The van der Waals surface area contributed by atoms with Gasteiger partial charge >= 0.3 is 5.91 Å². The second kappa shape index (κ2) is 10.8. The van der Waals surface area contributed by atoms with Crippen LogP contribution in [0.15, 0.2) is 71.4 Å². The fraction of sp³-hybridized carbons (Fsp3) is 0.250. The SMILES string of the molecule is CN(C)CCOc1cccc(CN(CCO)C(=O)c2nc3ccc(-c4ccnc5[nH]ccc45)cc3o2)c1.